The predicted octanol–water partition coefficient (Wildman–Crippen LogP) is 3.98. The van der Waals surface area contributed by atoms with Gasteiger partial charge in [-0.2, -0.15) is 0 Å². The van der Waals surface area contributed by atoms with Crippen molar-refractivity contribution in [3.8, 4) is 5.75 Å². The first-order chi connectivity index (χ1) is 17.0. The van der Waals surface area contributed by atoms with Gasteiger partial charge >= 0.3 is 5.97 Å². The number of carbonyl (C=O) groups is 2. The van der Waals surface area contributed by atoms with Crippen LogP contribution in [-0.2, 0) is 20.7 Å². The number of methoxy groups -OCH3 is 1. The van der Waals surface area contributed by atoms with Crippen molar-refractivity contribution in [2.45, 2.75) is 32.7 Å². The molecule has 0 fully saturated rings. The van der Waals surface area contributed by atoms with Crippen LogP contribution in [0, 0.1) is 0 Å². The molecule has 1 aromatic heterocycles. The summed E-state index contributed by atoms with van der Waals surface area (Å²) >= 11 is 1.44. The molecule has 8 nitrogen and oxygen atoms in total. The normalized spacial score (nSPS) is 16.9. The third-order valence-corrected chi connectivity index (χ3v) is 6.57. The van der Waals surface area contributed by atoms with Crippen LogP contribution < -0.4 is 10.1 Å². The number of allylic oxidation sites excluding steroid dienone is 1. The second kappa shape index (κ2) is 11.2. The van der Waals surface area contributed by atoms with E-state index in [1.165, 1.54) is 11.8 Å². The average molecular weight is 493 g/mol. The quantitative estimate of drug-likeness (QED) is 0.529. The number of hydrogen-bond donors (Lipinski definition) is 1. The molecule has 0 saturated carbocycles. The van der Waals surface area contributed by atoms with E-state index in [-0.39, 0.29) is 18.9 Å². The lowest BCUT2D eigenvalue weighted by Crippen LogP contribution is -2.38. The Morgan fingerprint density at radius 2 is 2.06 bits per heavy atom. The molecule has 35 heavy (non-hydrogen) atoms. The van der Waals surface area contributed by atoms with Crippen molar-refractivity contribution in [1.29, 1.82) is 0 Å². The minimum atomic E-state index is -0.487. The van der Waals surface area contributed by atoms with Crippen molar-refractivity contribution < 1.29 is 19.1 Å². The monoisotopic (exact) mass is 492 g/mol. The molecule has 0 saturated heterocycles. The zero-order chi connectivity index (χ0) is 24.8. The number of carbonyl (C=O) groups excluding carboxylic acids is 2. The number of fused-ring (bicyclic) bond motifs is 1. The number of rotatable bonds is 9. The fraction of sp³-hybridized carbons (Fsp3) is 0.308. The number of nitrogens with one attached hydrogen (secondary N) is 1. The van der Waals surface area contributed by atoms with E-state index in [0.717, 1.165) is 22.1 Å². The summed E-state index contributed by atoms with van der Waals surface area (Å²) in [5.41, 5.74) is 3.60. The molecule has 0 bridgehead atoms. The maximum atomic E-state index is 13.0. The molecule has 1 amide bonds. The van der Waals surface area contributed by atoms with Crippen molar-refractivity contribution in [1.82, 2.24) is 15.2 Å². The molecule has 0 radical (unpaired) electrons. The molecule has 0 unspecified atom stereocenters. The van der Waals surface area contributed by atoms with Crippen molar-refractivity contribution >= 4 is 28.8 Å². The number of amidine groups is 1. The molecule has 2 aromatic rings. The van der Waals surface area contributed by atoms with Gasteiger partial charge < -0.3 is 19.7 Å². The molecule has 1 atom stereocenters. The van der Waals surface area contributed by atoms with E-state index >= 15 is 0 Å². The number of nitrogens with zero attached hydrogens (tertiary/aromatic N) is 3. The van der Waals surface area contributed by atoms with E-state index < -0.39 is 12.0 Å². The Kier molecular flexibility index (Phi) is 7.87. The second-order valence-corrected chi connectivity index (χ2v) is 8.82. The van der Waals surface area contributed by atoms with Gasteiger partial charge in [0.15, 0.2) is 5.17 Å². The van der Waals surface area contributed by atoms with E-state index in [0.29, 0.717) is 30.0 Å². The number of hydrogen-bond acceptors (Lipinski definition) is 8. The Morgan fingerprint density at radius 1 is 1.20 bits per heavy atom. The highest BCUT2D eigenvalue weighted by molar-refractivity contribution is 8.16. The second-order valence-electron chi connectivity index (χ2n) is 7.99. The maximum Gasteiger partial charge on any atom is 0.338 e. The molecule has 0 aliphatic carbocycles. The third-order valence-electron chi connectivity index (χ3n) is 5.68. The van der Waals surface area contributed by atoms with Gasteiger partial charge in [0.05, 0.1) is 37.4 Å². The van der Waals surface area contributed by atoms with Crippen LogP contribution in [-0.4, -0.2) is 47.2 Å². The van der Waals surface area contributed by atoms with E-state index in [9.17, 15) is 9.59 Å². The number of benzene rings is 1. The van der Waals surface area contributed by atoms with Gasteiger partial charge in [0.1, 0.15) is 5.75 Å². The smallest absolute Gasteiger partial charge is 0.338 e. The van der Waals surface area contributed by atoms with Crippen LogP contribution in [0.3, 0.4) is 0 Å². The van der Waals surface area contributed by atoms with Gasteiger partial charge in [0.25, 0.3) is 0 Å². The van der Waals surface area contributed by atoms with Gasteiger partial charge in [-0.25, -0.2) is 9.79 Å². The van der Waals surface area contributed by atoms with E-state index in [1.807, 2.05) is 59.7 Å². The highest BCUT2D eigenvalue weighted by Crippen LogP contribution is 2.45. The molecular formula is C26H28N4O4S. The number of aromatic nitrogens is 1. The third kappa shape index (κ3) is 5.57. The minimum Gasteiger partial charge on any atom is -0.497 e. The summed E-state index contributed by atoms with van der Waals surface area (Å²) in [6, 6.07) is 12.8. The molecule has 4 rings (SSSR count). The molecule has 1 aromatic carbocycles. The summed E-state index contributed by atoms with van der Waals surface area (Å²) < 4.78 is 10.8. The molecule has 1 N–H and O–H groups in total. The Bertz CT molecular complexity index is 1190. The topological polar surface area (TPSA) is 93.1 Å². The van der Waals surface area contributed by atoms with Gasteiger partial charge in [-0.3, -0.25) is 9.78 Å². The minimum absolute atomic E-state index is 0.109. The first kappa shape index (κ1) is 24.5. The Hall–Kier alpha value is -3.59. The van der Waals surface area contributed by atoms with Crippen molar-refractivity contribution in [2.75, 3.05) is 20.3 Å². The van der Waals surface area contributed by atoms with Crippen LogP contribution in [0.5, 0.6) is 5.75 Å². The number of thioether (sulfide) groups is 1. The number of pyridine rings is 1. The van der Waals surface area contributed by atoms with Crippen LogP contribution in [0.4, 0.5) is 0 Å². The maximum absolute atomic E-state index is 13.0. The molecule has 0 spiro atoms. The number of amides is 1. The Balaban J connectivity index is 1.57. The lowest BCUT2D eigenvalue weighted by Gasteiger charge is -2.36. The highest BCUT2D eigenvalue weighted by atomic mass is 32.2. The molecule has 2 aliphatic rings. The van der Waals surface area contributed by atoms with Gasteiger partial charge in [-0.1, -0.05) is 30.0 Å². The lowest BCUT2D eigenvalue weighted by molar-refractivity contribution is -0.139. The van der Waals surface area contributed by atoms with E-state index in [1.54, 1.807) is 20.2 Å². The van der Waals surface area contributed by atoms with Gasteiger partial charge in [-0.15, -0.1) is 0 Å². The predicted molar refractivity (Wildman–Crippen MR) is 136 cm³/mol. The summed E-state index contributed by atoms with van der Waals surface area (Å²) in [5.74, 6) is 0.149. The Labute approximate surface area is 209 Å². The summed E-state index contributed by atoms with van der Waals surface area (Å²) in [7, 11) is 1.60. The summed E-state index contributed by atoms with van der Waals surface area (Å²) in [4.78, 5) is 36.8. The molecule has 2 aliphatic heterocycles. The van der Waals surface area contributed by atoms with Crippen LogP contribution in [0.15, 0.2) is 76.0 Å². The number of ether oxygens (including phenoxy) is 2. The summed E-state index contributed by atoms with van der Waals surface area (Å²) in [5, 5.41) is 5.61. The number of aliphatic imine (C=N–C) groups is 1. The average Bonchev–Trinajstić information content (AvgIpc) is 3.25. The van der Waals surface area contributed by atoms with Crippen LogP contribution in [0.25, 0.3) is 0 Å². The van der Waals surface area contributed by atoms with Crippen molar-refractivity contribution in [2.24, 2.45) is 4.99 Å². The van der Waals surface area contributed by atoms with Crippen LogP contribution in [0.1, 0.15) is 37.6 Å². The van der Waals surface area contributed by atoms with Crippen molar-refractivity contribution in [3.05, 3.63) is 82.3 Å². The fourth-order valence-electron chi connectivity index (χ4n) is 4.07. The zero-order valence-electron chi connectivity index (χ0n) is 20.0. The summed E-state index contributed by atoms with van der Waals surface area (Å²) in [6.45, 7) is 4.33. The first-order valence-electron chi connectivity index (χ1n) is 11.4. The fourth-order valence-corrected chi connectivity index (χ4v) is 5.03. The molecule has 182 valence electrons. The highest BCUT2D eigenvalue weighted by Gasteiger charge is 2.41. The molecular weight excluding hydrogens is 464 g/mol. The Morgan fingerprint density at radius 3 is 2.80 bits per heavy atom. The van der Waals surface area contributed by atoms with E-state index in [2.05, 4.69) is 15.3 Å². The molecule has 3 heterocycles. The van der Waals surface area contributed by atoms with Gasteiger partial charge in [0.2, 0.25) is 5.91 Å². The van der Waals surface area contributed by atoms with Gasteiger partial charge in [-0.05, 0) is 49.1 Å². The largest absolute Gasteiger partial charge is 0.497 e. The van der Waals surface area contributed by atoms with E-state index in [4.69, 9.17) is 9.47 Å². The zero-order valence-corrected chi connectivity index (χ0v) is 20.8. The van der Waals surface area contributed by atoms with Crippen LogP contribution in [0.2, 0.25) is 0 Å². The number of esters is 1. The SMILES string of the molecule is CCOC(=O)C1=C(C)N=C2SC=C(CC(=O)NCCc3ccccn3)N2[C@@H]1c1cccc(OC)c1. The molecule has 9 heteroatoms. The summed E-state index contributed by atoms with van der Waals surface area (Å²) in [6.07, 6.45) is 2.55. The lowest BCUT2D eigenvalue weighted by atomic mass is 9.93. The standard InChI is InChI=1S/C26H28N4O4S/c1-4-34-25(32)23-17(2)29-26-30(24(23)18-8-7-10-21(14-18)33-3)20(16-35-26)15-22(31)28-13-11-19-9-5-6-12-27-19/h5-10,12,14,16,24H,4,11,13,15H2,1-3H3,(H,28,31)/t24-/m1/s1. The first-order valence-corrected chi connectivity index (χ1v) is 12.3. The van der Waals surface area contributed by atoms with Crippen molar-refractivity contribution in [3.63, 3.8) is 0 Å². The van der Waals surface area contributed by atoms with Gasteiger partial charge in [0, 0.05) is 30.6 Å². The van der Waals surface area contributed by atoms with Crippen LogP contribution >= 0.6 is 11.8 Å².